The molecule has 140 valence electrons. The van der Waals surface area contributed by atoms with Crippen molar-refractivity contribution in [3.8, 4) is 0 Å². The van der Waals surface area contributed by atoms with Crippen molar-refractivity contribution in [2.45, 2.75) is 18.0 Å². The first-order valence-electron chi connectivity index (χ1n) is 8.23. The monoisotopic (exact) mass is 389 g/mol. The Morgan fingerprint density at radius 2 is 1.96 bits per heavy atom. The second kappa shape index (κ2) is 6.43. The van der Waals surface area contributed by atoms with Crippen molar-refractivity contribution in [3.05, 3.63) is 54.1 Å². The maximum atomic E-state index is 13.0. The molecule has 3 aromatic rings. The summed E-state index contributed by atoms with van der Waals surface area (Å²) in [6.45, 7) is 1.71. The van der Waals surface area contributed by atoms with Gasteiger partial charge in [-0.15, -0.1) is 0 Å². The zero-order chi connectivity index (χ0) is 19.2. The van der Waals surface area contributed by atoms with Crippen molar-refractivity contribution in [2.24, 2.45) is 0 Å². The Morgan fingerprint density at radius 3 is 2.70 bits per heavy atom. The van der Waals surface area contributed by atoms with Crippen molar-refractivity contribution < 1.29 is 22.3 Å². The smallest absolute Gasteiger partial charge is 0.347 e. The fourth-order valence-electron chi connectivity index (χ4n) is 3.06. The highest BCUT2D eigenvalue weighted by molar-refractivity contribution is 8.06. The van der Waals surface area contributed by atoms with Gasteiger partial charge < -0.3 is 14.2 Å². The number of fused-ring (bicyclic) bond motifs is 3. The van der Waals surface area contributed by atoms with Gasteiger partial charge in [-0.3, -0.25) is 4.79 Å². The molecule has 0 aliphatic carbocycles. The predicted molar refractivity (Wildman–Crippen MR) is 96.8 cm³/mol. The molecule has 0 N–H and O–H groups in total. The van der Waals surface area contributed by atoms with E-state index < -0.39 is 20.9 Å². The third-order valence-corrected chi connectivity index (χ3v) is 6.14. The number of benzene rings is 2. The van der Waals surface area contributed by atoms with E-state index in [4.69, 9.17) is 4.74 Å². The molecule has 1 aliphatic heterocycles. The van der Waals surface area contributed by atoms with Crippen LogP contribution in [0.1, 0.15) is 5.82 Å². The molecule has 27 heavy (non-hydrogen) atoms. The molecular weight excluding hydrogens is 373 g/mol. The minimum atomic E-state index is -4.28. The molecule has 0 saturated carbocycles. The molecule has 0 fully saturated rings. The first-order chi connectivity index (χ1) is 12.9. The number of carbonyl (C=O) groups is 1. The largest absolute Gasteiger partial charge is 0.372 e. The van der Waals surface area contributed by atoms with Crippen molar-refractivity contribution in [3.63, 3.8) is 0 Å². The van der Waals surface area contributed by atoms with Gasteiger partial charge >= 0.3 is 5.24 Å². The van der Waals surface area contributed by atoms with Crippen LogP contribution in [0, 0.1) is 5.82 Å². The topological polar surface area (TPSA) is 81.5 Å². The lowest BCUT2D eigenvalue weighted by molar-refractivity contribution is 0.0830. The maximum Gasteiger partial charge on any atom is 0.347 e. The SMILES string of the molecule is CN(C(=O)S(=O)(=O)c1ccc(F)cc1)c1ccc2c(c1)nc1n2CCOC1. The molecule has 0 bridgehead atoms. The molecule has 7 nitrogen and oxygen atoms in total. The van der Waals surface area contributed by atoms with E-state index in [9.17, 15) is 17.6 Å². The number of halogens is 1. The summed E-state index contributed by atoms with van der Waals surface area (Å²) >= 11 is 0. The third kappa shape index (κ3) is 2.98. The van der Waals surface area contributed by atoms with Gasteiger partial charge in [-0.1, -0.05) is 0 Å². The van der Waals surface area contributed by atoms with Crippen LogP contribution in [0.25, 0.3) is 11.0 Å². The van der Waals surface area contributed by atoms with Crippen molar-refractivity contribution in [1.29, 1.82) is 0 Å². The first-order valence-corrected chi connectivity index (χ1v) is 9.71. The minimum Gasteiger partial charge on any atom is -0.372 e. The van der Waals surface area contributed by atoms with Gasteiger partial charge in [0.15, 0.2) is 0 Å². The van der Waals surface area contributed by atoms with Crippen LogP contribution < -0.4 is 4.90 Å². The number of hydrogen-bond donors (Lipinski definition) is 0. The van der Waals surface area contributed by atoms with Crippen LogP contribution in [0.2, 0.25) is 0 Å². The number of aromatic nitrogens is 2. The fourth-order valence-corrected chi connectivity index (χ4v) is 4.22. The molecule has 1 aromatic heterocycles. The van der Waals surface area contributed by atoms with Crippen molar-refractivity contribution >= 4 is 31.8 Å². The molecule has 2 aromatic carbocycles. The summed E-state index contributed by atoms with van der Waals surface area (Å²) in [5.41, 5.74) is 1.96. The second-order valence-corrected chi connectivity index (χ2v) is 8.02. The van der Waals surface area contributed by atoms with Gasteiger partial charge in [0.1, 0.15) is 18.2 Å². The van der Waals surface area contributed by atoms with E-state index in [2.05, 4.69) is 4.98 Å². The molecule has 2 heterocycles. The number of sulfone groups is 1. The number of rotatable bonds is 2. The number of anilines is 1. The van der Waals surface area contributed by atoms with Crippen LogP contribution in [0.5, 0.6) is 0 Å². The number of ether oxygens (including phenoxy) is 1. The van der Waals surface area contributed by atoms with Gasteiger partial charge in [-0.2, -0.15) is 0 Å². The number of amides is 1. The van der Waals surface area contributed by atoms with Gasteiger partial charge in [0, 0.05) is 19.3 Å². The lowest BCUT2D eigenvalue weighted by Gasteiger charge is -2.18. The molecule has 9 heteroatoms. The van der Waals surface area contributed by atoms with Crippen LogP contribution in [-0.4, -0.2) is 36.9 Å². The lowest BCUT2D eigenvalue weighted by Crippen LogP contribution is -2.31. The average molecular weight is 389 g/mol. The van der Waals surface area contributed by atoms with E-state index in [0.717, 1.165) is 40.5 Å². The van der Waals surface area contributed by atoms with Crippen molar-refractivity contribution in [2.75, 3.05) is 18.6 Å². The number of imidazole rings is 1. The van der Waals surface area contributed by atoms with Crippen LogP contribution in [0.3, 0.4) is 0 Å². The maximum absolute atomic E-state index is 13.0. The van der Waals surface area contributed by atoms with E-state index in [1.807, 2.05) is 4.57 Å². The fraction of sp³-hybridized carbons (Fsp3) is 0.222. The van der Waals surface area contributed by atoms with Gasteiger partial charge in [0.2, 0.25) is 0 Å². The van der Waals surface area contributed by atoms with E-state index in [-0.39, 0.29) is 4.90 Å². The summed E-state index contributed by atoms with van der Waals surface area (Å²) in [7, 11) is -2.91. The quantitative estimate of drug-likeness (QED) is 0.630. The van der Waals surface area contributed by atoms with E-state index >= 15 is 0 Å². The Morgan fingerprint density at radius 1 is 1.22 bits per heavy atom. The Labute approximate surface area is 154 Å². The second-order valence-electron chi connectivity index (χ2n) is 6.19. The molecule has 1 aliphatic rings. The molecule has 0 spiro atoms. The van der Waals surface area contributed by atoms with E-state index in [1.54, 1.807) is 18.2 Å². The summed E-state index contributed by atoms with van der Waals surface area (Å²) in [6.07, 6.45) is 0. The summed E-state index contributed by atoms with van der Waals surface area (Å²) in [5.74, 6) is 0.217. The Hall–Kier alpha value is -2.78. The van der Waals surface area contributed by atoms with Crippen LogP contribution in [-0.2, 0) is 27.7 Å². The molecular formula is C18H16FN3O4S. The van der Waals surface area contributed by atoms with Gasteiger partial charge in [0.05, 0.1) is 22.5 Å². The number of hydrogen-bond acceptors (Lipinski definition) is 5. The zero-order valence-electron chi connectivity index (χ0n) is 14.4. The van der Waals surface area contributed by atoms with Gasteiger partial charge in [-0.25, -0.2) is 17.8 Å². The molecule has 0 saturated heterocycles. The highest BCUT2D eigenvalue weighted by atomic mass is 32.2. The highest BCUT2D eigenvalue weighted by Crippen LogP contribution is 2.26. The summed E-state index contributed by atoms with van der Waals surface area (Å²) < 4.78 is 45.5. The van der Waals surface area contributed by atoms with Crippen LogP contribution in [0.15, 0.2) is 47.4 Å². The Balaban J connectivity index is 1.68. The predicted octanol–water partition coefficient (Wildman–Crippen LogP) is 2.74. The Kier molecular flexibility index (Phi) is 4.20. The van der Waals surface area contributed by atoms with E-state index in [0.29, 0.717) is 31.0 Å². The molecule has 0 atom stereocenters. The van der Waals surface area contributed by atoms with Crippen LogP contribution >= 0.6 is 0 Å². The van der Waals surface area contributed by atoms with Gasteiger partial charge in [-0.05, 0) is 42.5 Å². The highest BCUT2D eigenvalue weighted by Gasteiger charge is 2.29. The minimum absolute atomic E-state index is 0.253. The third-order valence-electron chi connectivity index (χ3n) is 4.52. The first kappa shape index (κ1) is 17.6. The number of carbonyl (C=O) groups excluding carboxylic acids is 1. The van der Waals surface area contributed by atoms with Crippen LogP contribution in [0.4, 0.5) is 14.9 Å². The van der Waals surface area contributed by atoms with Gasteiger partial charge in [0.25, 0.3) is 9.84 Å². The van der Waals surface area contributed by atoms with E-state index in [1.165, 1.54) is 7.05 Å². The van der Waals surface area contributed by atoms with Crippen molar-refractivity contribution in [1.82, 2.24) is 9.55 Å². The normalized spacial score (nSPS) is 14.1. The standard InChI is InChI=1S/C18H16FN3O4S/c1-21(18(23)27(24,25)14-5-2-12(19)3-6-14)13-4-7-16-15(10-13)20-17-11-26-9-8-22(16)17/h2-7,10H,8-9,11H2,1H3. The average Bonchev–Trinajstić information content (AvgIpc) is 3.05. The summed E-state index contributed by atoms with van der Waals surface area (Å²) in [5, 5.41) is -1.10. The number of nitrogens with zero attached hydrogens (tertiary/aromatic N) is 3. The molecule has 4 rings (SSSR count). The molecule has 0 radical (unpaired) electrons. The molecule has 0 unspecified atom stereocenters. The molecule has 1 amide bonds. The lowest BCUT2D eigenvalue weighted by atomic mass is 10.2. The summed E-state index contributed by atoms with van der Waals surface area (Å²) in [6, 6.07) is 9.30. The zero-order valence-corrected chi connectivity index (χ0v) is 15.2. The Bertz CT molecular complexity index is 1140. The summed E-state index contributed by atoms with van der Waals surface area (Å²) in [4.78, 5) is 17.9.